The number of aliphatic hydroxyl groups is 6. The molecule has 1 rings (SSSR count). The zero-order valence-corrected chi connectivity index (χ0v) is 29.9. The summed E-state index contributed by atoms with van der Waals surface area (Å²) in [7, 11) is 0. The van der Waals surface area contributed by atoms with Crippen LogP contribution in [0.15, 0.2) is 0 Å². The Bertz CT molecular complexity index is 728. The summed E-state index contributed by atoms with van der Waals surface area (Å²) >= 11 is 0. The monoisotopic (exact) mass is 676 g/mol. The lowest BCUT2D eigenvalue weighted by molar-refractivity contribution is -0.303. The molecule has 7 N–H and O–H groups in total. The van der Waals surface area contributed by atoms with E-state index in [0.29, 0.717) is 12.8 Å². The van der Waals surface area contributed by atoms with Gasteiger partial charge in [-0.25, -0.2) is 0 Å². The molecule has 0 radical (unpaired) electrons. The van der Waals surface area contributed by atoms with Crippen LogP contribution < -0.4 is 5.32 Å². The predicted octanol–water partition coefficient (Wildman–Crippen LogP) is 5.41. The van der Waals surface area contributed by atoms with Gasteiger partial charge < -0.3 is 45.4 Å². The third kappa shape index (κ3) is 20.4. The molecule has 1 saturated heterocycles. The Balaban J connectivity index is 2.20. The van der Waals surface area contributed by atoms with E-state index in [1.807, 2.05) is 6.92 Å². The molecule has 0 bridgehead atoms. The summed E-state index contributed by atoms with van der Waals surface area (Å²) in [5, 5.41) is 63.8. The van der Waals surface area contributed by atoms with Gasteiger partial charge in [0.2, 0.25) is 5.91 Å². The highest BCUT2D eigenvalue weighted by Gasteiger charge is 2.44. The van der Waals surface area contributed by atoms with Crippen molar-refractivity contribution < 1.29 is 44.9 Å². The molecule has 1 heterocycles. The number of carbonyl (C=O) groups is 1. The van der Waals surface area contributed by atoms with Crippen molar-refractivity contribution in [3.05, 3.63) is 0 Å². The SMILES string of the molecule is CCCCCCCCCCCCCCCCCCCCCCC(=O)N[C@@H](COC1OC(CO)C(O)C(O)C1O)[C@H](O)C(O)CCCC. The number of carbonyl (C=O) groups excluding carboxylic acids is 1. The summed E-state index contributed by atoms with van der Waals surface area (Å²) in [6, 6.07) is -0.980. The van der Waals surface area contributed by atoms with Crippen molar-refractivity contribution in [3.63, 3.8) is 0 Å². The largest absolute Gasteiger partial charge is 0.394 e. The second-order valence-corrected chi connectivity index (χ2v) is 13.9. The van der Waals surface area contributed by atoms with Crippen LogP contribution in [-0.2, 0) is 14.3 Å². The molecule has 0 spiro atoms. The van der Waals surface area contributed by atoms with Crippen LogP contribution >= 0.6 is 0 Å². The van der Waals surface area contributed by atoms with E-state index in [2.05, 4.69) is 12.2 Å². The fraction of sp³-hybridized carbons (Fsp3) is 0.973. The fourth-order valence-corrected chi connectivity index (χ4v) is 6.30. The van der Waals surface area contributed by atoms with Crippen molar-refractivity contribution in [1.29, 1.82) is 0 Å². The average Bonchev–Trinajstić information content (AvgIpc) is 3.07. The van der Waals surface area contributed by atoms with Crippen molar-refractivity contribution in [2.75, 3.05) is 13.2 Å². The van der Waals surface area contributed by atoms with E-state index < -0.39 is 55.6 Å². The molecule has 10 heteroatoms. The molecule has 0 saturated carbocycles. The number of ether oxygens (including phenoxy) is 2. The Morgan fingerprint density at radius 3 is 1.55 bits per heavy atom. The van der Waals surface area contributed by atoms with Crippen LogP contribution in [0.25, 0.3) is 0 Å². The maximum atomic E-state index is 12.7. The Morgan fingerprint density at radius 2 is 1.11 bits per heavy atom. The normalized spacial score (nSPS) is 23.4. The maximum absolute atomic E-state index is 12.7. The highest BCUT2D eigenvalue weighted by Crippen LogP contribution is 2.23. The van der Waals surface area contributed by atoms with Crippen LogP contribution in [0.3, 0.4) is 0 Å². The summed E-state index contributed by atoms with van der Waals surface area (Å²) < 4.78 is 11.0. The van der Waals surface area contributed by atoms with Crippen LogP contribution in [-0.4, -0.2) is 98.7 Å². The smallest absolute Gasteiger partial charge is 0.220 e. The number of hydrogen-bond acceptors (Lipinski definition) is 9. The standard InChI is InChI=1S/C37H73NO9/c1-3-5-7-8-9-10-11-12-13-14-15-16-17-18-19-20-21-22-23-24-26-32(41)38-29(33(42)30(40)25-6-4-2)28-46-37-36(45)35(44)34(43)31(27-39)47-37/h29-31,33-37,39-40,42-45H,3-28H2,1-2H3,(H,38,41)/t29-,30?,31?,33-,34?,35?,36?,37?/m0/s1. The first-order chi connectivity index (χ1) is 22.8. The third-order valence-corrected chi connectivity index (χ3v) is 9.55. The van der Waals surface area contributed by atoms with Gasteiger partial charge in [-0.05, 0) is 12.8 Å². The van der Waals surface area contributed by atoms with Gasteiger partial charge in [0.05, 0.1) is 25.4 Å². The molecule has 1 fully saturated rings. The van der Waals surface area contributed by atoms with Crippen LogP contribution in [0, 0.1) is 0 Å². The summed E-state index contributed by atoms with van der Waals surface area (Å²) in [5.41, 5.74) is 0. The number of hydrogen-bond donors (Lipinski definition) is 7. The van der Waals surface area contributed by atoms with E-state index in [0.717, 1.165) is 32.1 Å². The molecule has 0 aromatic heterocycles. The first-order valence-corrected chi connectivity index (χ1v) is 19.3. The number of amides is 1. The first-order valence-electron chi connectivity index (χ1n) is 19.3. The van der Waals surface area contributed by atoms with Crippen molar-refractivity contribution in [2.45, 2.75) is 217 Å². The molecule has 1 amide bonds. The van der Waals surface area contributed by atoms with Gasteiger partial charge in [-0.2, -0.15) is 0 Å². The topological polar surface area (TPSA) is 169 Å². The second kappa shape index (κ2) is 28.9. The molecule has 8 atom stereocenters. The molecular weight excluding hydrogens is 602 g/mol. The molecular formula is C37H73NO9. The van der Waals surface area contributed by atoms with E-state index in [1.54, 1.807) is 0 Å². The first kappa shape index (κ1) is 44.2. The number of aliphatic hydroxyl groups excluding tert-OH is 6. The van der Waals surface area contributed by atoms with Crippen LogP contribution in [0.1, 0.15) is 168 Å². The highest BCUT2D eigenvalue weighted by molar-refractivity contribution is 5.76. The molecule has 1 aliphatic heterocycles. The summed E-state index contributed by atoms with van der Waals surface area (Å²) in [6.07, 6.45) is 18.3. The summed E-state index contributed by atoms with van der Waals surface area (Å²) in [5.74, 6) is -0.267. The highest BCUT2D eigenvalue weighted by atomic mass is 16.7. The second-order valence-electron chi connectivity index (χ2n) is 13.9. The molecule has 0 aromatic carbocycles. The van der Waals surface area contributed by atoms with Gasteiger partial charge in [0, 0.05) is 6.42 Å². The van der Waals surface area contributed by atoms with Crippen molar-refractivity contribution in [3.8, 4) is 0 Å². The van der Waals surface area contributed by atoms with Gasteiger partial charge in [-0.3, -0.25) is 4.79 Å². The Morgan fingerprint density at radius 1 is 0.660 bits per heavy atom. The number of unbranched alkanes of at least 4 members (excludes halogenated alkanes) is 20. The minimum atomic E-state index is -1.60. The predicted molar refractivity (Wildman–Crippen MR) is 186 cm³/mol. The molecule has 280 valence electrons. The lowest BCUT2D eigenvalue weighted by atomic mass is 9.99. The number of nitrogens with one attached hydrogen (secondary N) is 1. The van der Waals surface area contributed by atoms with E-state index in [1.165, 1.54) is 103 Å². The van der Waals surface area contributed by atoms with Crippen LogP contribution in [0.2, 0.25) is 0 Å². The van der Waals surface area contributed by atoms with E-state index in [9.17, 15) is 35.4 Å². The summed E-state index contributed by atoms with van der Waals surface area (Å²) in [4.78, 5) is 12.7. The average molecular weight is 676 g/mol. The zero-order valence-electron chi connectivity index (χ0n) is 29.9. The Labute approximate surface area is 286 Å². The lowest BCUT2D eigenvalue weighted by Gasteiger charge is -2.40. The van der Waals surface area contributed by atoms with E-state index >= 15 is 0 Å². The minimum absolute atomic E-state index is 0.267. The third-order valence-electron chi connectivity index (χ3n) is 9.55. The summed E-state index contributed by atoms with van der Waals surface area (Å²) in [6.45, 7) is 3.34. The van der Waals surface area contributed by atoms with Gasteiger partial charge >= 0.3 is 0 Å². The van der Waals surface area contributed by atoms with Gasteiger partial charge in [-0.15, -0.1) is 0 Å². The van der Waals surface area contributed by atoms with Gasteiger partial charge in [0.1, 0.15) is 30.5 Å². The van der Waals surface area contributed by atoms with E-state index in [4.69, 9.17) is 9.47 Å². The molecule has 1 aliphatic rings. The van der Waals surface area contributed by atoms with Gasteiger partial charge in [0.15, 0.2) is 6.29 Å². The van der Waals surface area contributed by atoms with Crippen LogP contribution in [0.4, 0.5) is 0 Å². The minimum Gasteiger partial charge on any atom is -0.394 e. The van der Waals surface area contributed by atoms with Crippen molar-refractivity contribution in [1.82, 2.24) is 5.32 Å². The maximum Gasteiger partial charge on any atom is 0.220 e. The van der Waals surface area contributed by atoms with Crippen LogP contribution in [0.5, 0.6) is 0 Å². The quantitative estimate of drug-likeness (QED) is 0.0475. The Kier molecular flexibility index (Phi) is 27.2. The molecule has 0 aromatic rings. The lowest BCUT2D eigenvalue weighted by Crippen LogP contribution is -2.60. The molecule has 0 aliphatic carbocycles. The molecule has 6 unspecified atom stereocenters. The molecule has 47 heavy (non-hydrogen) atoms. The fourth-order valence-electron chi connectivity index (χ4n) is 6.30. The van der Waals surface area contributed by atoms with Crippen molar-refractivity contribution in [2.24, 2.45) is 0 Å². The van der Waals surface area contributed by atoms with E-state index in [-0.39, 0.29) is 18.9 Å². The van der Waals surface area contributed by atoms with Gasteiger partial charge in [-0.1, -0.05) is 149 Å². The number of rotatable bonds is 31. The Hall–Kier alpha value is -0.850. The zero-order chi connectivity index (χ0) is 34.7. The van der Waals surface area contributed by atoms with Gasteiger partial charge in [0.25, 0.3) is 0 Å². The van der Waals surface area contributed by atoms with Crippen molar-refractivity contribution >= 4 is 5.91 Å². The molecule has 10 nitrogen and oxygen atoms in total.